The molecule has 4 heteroatoms. The molecule has 3 N–H and O–H groups in total. The number of ether oxygens (including phenoxy) is 1. The van der Waals surface area contributed by atoms with Crippen LogP contribution in [-0.2, 0) is 9.53 Å². The van der Waals surface area contributed by atoms with E-state index in [0.29, 0.717) is 31.0 Å². The van der Waals surface area contributed by atoms with Gasteiger partial charge in [-0.2, -0.15) is 0 Å². The van der Waals surface area contributed by atoms with Gasteiger partial charge in [0.1, 0.15) is 0 Å². The molecule has 4 nitrogen and oxygen atoms in total. The first-order valence-electron chi connectivity index (χ1n) is 7.68. The third-order valence-corrected chi connectivity index (χ3v) is 4.92. The van der Waals surface area contributed by atoms with Gasteiger partial charge < -0.3 is 15.8 Å². The van der Waals surface area contributed by atoms with Crippen molar-refractivity contribution in [3.05, 3.63) is 0 Å². The Morgan fingerprint density at radius 3 is 2.58 bits per heavy atom. The largest absolute Gasteiger partial charge is 0.380 e. The smallest absolute Gasteiger partial charge is 0.225 e. The molecule has 5 unspecified atom stereocenters. The highest BCUT2D eigenvalue weighted by Gasteiger charge is 2.49. The predicted molar refractivity (Wildman–Crippen MR) is 75.6 cm³/mol. The average molecular weight is 268 g/mol. The summed E-state index contributed by atoms with van der Waals surface area (Å²) < 4.78 is 5.46. The van der Waals surface area contributed by atoms with E-state index in [1.807, 2.05) is 6.92 Å². The van der Waals surface area contributed by atoms with Crippen molar-refractivity contribution >= 4 is 5.91 Å². The highest BCUT2D eigenvalue weighted by molar-refractivity contribution is 5.80. The second-order valence-electron chi connectivity index (χ2n) is 6.45. The van der Waals surface area contributed by atoms with Crippen LogP contribution in [0.15, 0.2) is 0 Å². The molecule has 2 fully saturated rings. The minimum Gasteiger partial charge on any atom is -0.380 e. The number of hydrogen-bond donors (Lipinski definition) is 2. The normalized spacial score (nSPS) is 34.8. The van der Waals surface area contributed by atoms with Crippen molar-refractivity contribution in [2.24, 2.45) is 29.4 Å². The van der Waals surface area contributed by atoms with Gasteiger partial charge >= 0.3 is 0 Å². The summed E-state index contributed by atoms with van der Waals surface area (Å²) in [6.07, 6.45) is 3.54. The molecule has 1 amide bonds. The minimum atomic E-state index is 0.0293. The summed E-state index contributed by atoms with van der Waals surface area (Å²) in [6.45, 7) is 7.49. The zero-order valence-corrected chi connectivity index (χ0v) is 12.4. The Morgan fingerprint density at radius 2 is 2.05 bits per heavy atom. The first-order chi connectivity index (χ1) is 9.04. The van der Waals surface area contributed by atoms with E-state index < -0.39 is 0 Å². The first-order valence-corrected chi connectivity index (χ1v) is 7.68. The Morgan fingerprint density at radius 1 is 1.37 bits per heavy atom. The maximum Gasteiger partial charge on any atom is 0.225 e. The van der Waals surface area contributed by atoms with Crippen LogP contribution >= 0.6 is 0 Å². The summed E-state index contributed by atoms with van der Waals surface area (Å²) in [5.74, 6) is 1.65. The van der Waals surface area contributed by atoms with E-state index in [0.717, 1.165) is 6.42 Å². The van der Waals surface area contributed by atoms with Gasteiger partial charge in [0.15, 0.2) is 0 Å². The second kappa shape index (κ2) is 6.23. The molecule has 2 saturated carbocycles. The third-order valence-electron chi connectivity index (χ3n) is 4.92. The molecular weight excluding hydrogens is 240 g/mol. The second-order valence-corrected chi connectivity index (χ2v) is 6.45. The molecule has 19 heavy (non-hydrogen) atoms. The topological polar surface area (TPSA) is 64.3 Å². The molecule has 5 atom stereocenters. The monoisotopic (exact) mass is 268 g/mol. The summed E-state index contributed by atoms with van der Waals surface area (Å²) in [5.41, 5.74) is 6.22. The fourth-order valence-corrected chi connectivity index (χ4v) is 3.65. The molecule has 0 aromatic rings. The van der Waals surface area contributed by atoms with Crippen molar-refractivity contribution in [1.29, 1.82) is 0 Å². The molecule has 0 aromatic carbocycles. The minimum absolute atomic E-state index is 0.0293. The highest BCUT2D eigenvalue weighted by atomic mass is 16.5. The van der Waals surface area contributed by atoms with E-state index in [4.69, 9.17) is 10.5 Å². The van der Waals surface area contributed by atoms with Crippen LogP contribution in [-0.4, -0.2) is 31.2 Å². The highest BCUT2D eigenvalue weighted by Crippen LogP contribution is 2.47. The van der Waals surface area contributed by atoms with Crippen molar-refractivity contribution in [3.63, 3.8) is 0 Å². The number of fused-ring (bicyclic) bond motifs is 2. The zero-order valence-electron chi connectivity index (χ0n) is 12.4. The van der Waals surface area contributed by atoms with Crippen LogP contribution in [0, 0.1) is 23.7 Å². The van der Waals surface area contributed by atoms with Gasteiger partial charge in [-0.05, 0) is 43.9 Å². The Hall–Kier alpha value is -0.610. The van der Waals surface area contributed by atoms with Gasteiger partial charge in [-0.15, -0.1) is 0 Å². The van der Waals surface area contributed by atoms with Crippen LogP contribution < -0.4 is 11.1 Å². The molecule has 0 radical (unpaired) electrons. The molecule has 2 bridgehead atoms. The molecule has 110 valence electrons. The number of carbonyl (C=O) groups is 1. The van der Waals surface area contributed by atoms with Gasteiger partial charge in [-0.1, -0.05) is 13.8 Å². The average Bonchev–Trinajstić information content (AvgIpc) is 2.94. The maximum atomic E-state index is 12.5. The van der Waals surface area contributed by atoms with E-state index in [1.54, 1.807) is 0 Å². The van der Waals surface area contributed by atoms with Crippen molar-refractivity contribution in [2.45, 2.75) is 52.1 Å². The van der Waals surface area contributed by atoms with Gasteiger partial charge in [-0.3, -0.25) is 4.79 Å². The molecule has 2 aliphatic rings. The fraction of sp³-hybridized carbons (Fsp3) is 0.933. The summed E-state index contributed by atoms with van der Waals surface area (Å²) in [6, 6.07) is 0.164. The molecule has 0 heterocycles. The molecule has 2 rings (SSSR count). The van der Waals surface area contributed by atoms with Crippen molar-refractivity contribution < 1.29 is 9.53 Å². The van der Waals surface area contributed by atoms with Crippen LogP contribution in [0.5, 0.6) is 0 Å². The van der Waals surface area contributed by atoms with Crippen molar-refractivity contribution in [1.82, 2.24) is 5.32 Å². The van der Waals surface area contributed by atoms with E-state index in [-0.39, 0.29) is 23.9 Å². The molecule has 0 saturated heterocycles. The number of carbonyl (C=O) groups excluding carboxylic acids is 1. The third kappa shape index (κ3) is 3.11. The van der Waals surface area contributed by atoms with Gasteiger partial charge in [0, 0.05) is 12.6 Å². The molecule has 0 aliphatic heterocycles. The summed E-state index contributed by atoms with van der Waals surface area (Å²) in [7, 11) is 0. The summed E-state index contributed by atoms with van der Waals surface area (Å²) >= 11 is 0. The number of nitrogens with one attached hydrogen (secondary N) is 1. The van der Waals surface area contributed by atoms with E-state index in [1.165, 1.54) is 12.8 Å². The molecular formula is C15H28N2O2. The quantitative estimate of drug-likeness (QED) is 0.768. The lowest BCUT2D eigenvalue weighted by molar-refractivity contribution is -0.128. The summed E-state index contributed by atoms with van der Waals surface area (Å²) in [4.78, 5) is 12.5. The zero-order chi connectivity index (χ0) is 14.0. The molecule has 0 spiro atoms. The molecule has 0 aromatic heterocycles. The Labute approximate surface area is 116 Å². The van der Waals surface area contributed by atoms with Gasteiger partial charge in [0.05, 0.1) is 18.6 Å². The lowest BCUT2D eigenvalue weighted by Crippen LogP contribution is -2.50. The van der Waals surface area contributed by atoms with E-state index >= 15 is 0 Å². The van der Waals surface area contributed by atoms with E-state index in [2.05, 4.69) is 19.2 Å². The van der Waals surface area contributed by atoms with Crippen LogP contribution in [0.3, 0.4) is 0 Å². The number of nitrogens with two attached hydrogens (primary N) is 1. The van der Waals surface area contributed by atoms with Crippen molar-refractivity contribution in [3.8, 4) is 0 Å². The standard InChI is InChI=1S/C15H28N2O2/c1-4-19-8-12(9(2)3)17-15(18)13-10-5-6-11(7-10)14(13)16/h9-14H,4-8,16H2,1-3H3,(H,17,18). The fourth-order valence-electron chi connectivity index (χ4n) is 3.65. The van der Waals surface area contributed by atoms with E-state index in [9.17, 15) is 4.79 Å². The first kappa shape index (κ1) is 14.8. The SMILES string of the molecule is CCOCC(NC(=O)C1C2CCC(C2)C1N)C(C)C. The Balaban J connectivity index is 1.92. The van der Waals surface area contributed by atoms with Crippen LogP contribution in [0.1, 0.15) is 40.0 Å². The summed E-state index contributed by atoms with van der Waals surface area (Å²) in [5, 5.41) is 3.16. The number of rotatable bonds is 6. The van der Waals surface area contributed by atoms with Crippen LogP contribution in [0.25, 0.3) is 0 Å². The number of hydrogen-bond acceptors (Lipinski definition) is 3. The van der Waals surface area contributed by atoms with Gasteiger partial charge in [-0.25, -0.2) is 0 Å². The lowest BCUT2D eigenvalue weighted by Gasteiger charge is -2.30. The van der Waals surface area contributed by atoms with Gasteiger partial charge in [0.2, 0.25) is 5.91 Å². The van der Waals surface area contributed by atoms with Crippen molar-refractivity contribution in [2.75, 3.05) is 13.2 Å². The Kier molecular flexibility index (Phi) is 4.85. The van der Waals surface area contributed by atoms with Crippen LogP contribution in [0.2, 0.25) is 0 Å². The number of amides is 1. The molecule has 2 aliphatic carbocycles. The predicted octanol–water partition coefficient (Wildman–Crippen LogP) is 1.54. The maximum absolute atomic E-state index is 12.5. The Bertz CT molecular complexity index is 317. The lowest BCUT2D eigenvalue weighted by atomic mass is 9.84. The van der Waals surface area contributed by atoms with Gasteiger partial charge in [0.25, 0.3) is 0 Å². The van der Waals surface area contributed by atoms with Crippen LogP contribution in [0.4, 0.5) is 0 Å².